The number of anilines is 1. The number of aromatic nitrogens is 2. The predicted octanol–water partition coefficient (Wildman–Crippen LogP) is 4.54. The Labute approximate surface area is 199 Å². The van der Waals surface area contributed by atoms with Gasteiger partial charge in [0.2, 0.25) is 5.88 Å². The molecule has 0 atom stereocenters. The average Bonchev–Trinajstić information content (AvgIpc) is 2.85. The molecule has 2 amide bonds. The van der Waals surface area contributed by atoms with Gasteiger partial charge < -0.3 is 29.6 Å². The number of hydrogen-bond acceptors (Lipinski definition) is 7. The molecule has 0 aliphatic carbocycles. The Bertz CT molecular complexity index is 1040. The van der Waals surface area contributed by atoms with Gasteiger partial charge in [0.15, 0.2) is 11.5 Å². The van der Waals surface area contributed by atoms with Gasteiger partial charge in [0.05, 0.1) is 32.1 Å². The van der Waals surface area contributed by atoms with Crippen LogP contribution < -0.4 is 29.6 Å². The summed E-state index contributed by atoms with van der Waals surface area (Å²) in [7, 11) is 0. The Balaban J connectivity index is 1.43. The standard InChI is InChI=1S/C25H30N4O5/c1-4-31-20-10-7-18(8-11-20)21-12-14-24(29-28-21)34-16-15-26-25(30)27-19-9-13-22(32-5-2)23(17-19)33-6-3/h7-14,17H,4-6,15-16H2,1-3H3,(H2,26,27,30). The molecule has 0 saturated heterocycles. The zero-order chi connectivity index (χ0) is 24.2. The highest BCUT2D eigenvalue weighted by molar-refractivity contribution is 5.89. The third-order valence-corrected chi connectivity index (χ3v) is 4.54. The highest BCUT2D eigenvalue weighted by Gasteiger charge is 2.09. The van der Waals surface area contributed by atoms with Crippen LogP contribution in [0.3, 0.4) is 0 Å². The third kappa shape index (κ3) is 7.26. The number of carbonyl (C=O) groups excluding carboxylic acids is 1. The van der Waals surface area contributed by atoms with Gasteiger partial charge in [-0.25, -0.2) is 4.79 Å². The van der Waals surface area contributed by atoms with E-state index in [1.807, 2.05) is 51.1 Å². The van der Waals surface area contributed by atoms with E-state index < -0.39 is 0 Å². The predicted molar refractivity (Wildman–Crippen MR) is 130 cm³/mol. The molecule has 180 valence electrons. The SMILES string of the molecule is CCOc1ccc(-c2ccc(OCCNC(=O)Nc3ccc(OCC)c(OCC)c3)nn2)cc1. The maximum Gasteiger partial charge on any atom is 0.319 e. The number of amides is 2. The summed E-state index contributed by atoms with van der Waals surface area (Å²) in [6, 6.07) is 16.1. The molecule has 2 aromatic carbocycles. The Morgan fingerprint density at radius 3 is 2.21 bits per heavy atom. The van der Waals surface area contributed by atoms with Crippen LogP contribution in [0.1, 0.15) is 20.8 Å². The van der Waals surface area contributed by atoms with E-state index in [0.29, 0.717) is 49.4 Å². The van der Waals surface area contributed by atoms with Gasteiger partial charge in [-0.05, 0) is 63.2 Å². The Hall–Kier alpha value is -4.01. The van der Waals surface area contributed by atoms with E-state index in [9.17, 15) is 4.79 Å². The van der Waals surface area contributed by atoms with Gasteiger partial charge in [0.1, 0.15) is 12.4 Å². The van der Waals surface area contributed by atoms with Crippen LogP contribution >= 0.6 is 0 Å². The summed E-state index contributed by atoms with van der Waals surface area (Å²) in [5.74, 6) is 2.41. The number of urea groups is 1. The lowest BCUT2D eigenvalue weighted by Gasteiger charge is -2.13. The molecular weight excluding hydrogens is 436 g/mol. The van der Waals surface area contributed by atoms with Gasteiger partial charge in [-0.2, -0.15) is 0 Å². The van der Waals surface area contributed by atoms with Crippen LogP contribution in [0.4, 0.5) is 10.5 Å². The van der Waals surface area contributed by atoms with Crippen molar-refractivity contribution in [2.24, 2.45) is 0 Å². The lowest BCUT2D eigenvalue weighted by atomic mass is 10.1. The van der Waals surface area contributed by atoms with Crippen molar-refractivity contribution in [1.82, 2.24) is 15.5 Å². The van der Waals surface area contributed by atoms with E-state index in [1.165, 1.54) is 0 Å². The minimum Gasteiger partial charge on any atom is -0.494 e. The van der Waals surface area contributed by atoms with Crippen LogP contribution in [0.5, 0.6) is 23.1 Å². The summed E-state index contributed by atoms with van der Waals surface area (Å²) in [5.41, 5.74) is 2.26. The lowest BCUT2D eigenvalue weighted by Crippen LogP contribution is -2.32. The fourth-order valence-electron chi connectivity index (χ4n) is 3.06. The van der Waals surface area contributed by atoms with Crippen molar-refractivity contribution in [2.75, 3.05) is 38.3 Å². The molecule has 0 radical (unpaired) electrons. The molecule has 0 saturated carbocycles. The molecule has 9 nitrogen and oxygen atoms in total. The molecule has 0 aliphatic rings. The van der Waals surface area contributed by atoms with E-state index in [-0.39, 0.29) is 12.6 Å². The first-order valence-electron chi connectivity index (χ1n) is 11.3. The topological polar surface area (TPSA) is 104 Å². The molecule has 34 heavy (non-hydrogen) atoms. The number of nitrogens with one attached hydrogen (secondary N) is 2. The maximum atomic E-state index is 12.2. The average molecular weight is 467 g/mol. The third-order valence-electron chi connectivity index (χ3n) is 4.54. The molecule has 9 heteroatoms. The van der Waals surface area contributed by atoms with Crippen molar-refractivity contribution in [3.63, 3.8) is 0 Å². The summed E-state index contributed by atoms with van der Waals surface area (Å²) in [6.07, 6.45) is 0. The molecule has 0 fully saturated rings. The van der Waals surface area contributed by atoms with Crippen molar-refractivity contribution in [1.29, 1.82) is 0 Å². The molecule has 0 unspecified atom stereocenters. The highest BCUT2D eigenvalue weighted by Crippen LogP contribution is 2.30. The summed E-state index contributed by atoms with van der Waals surface area (Å²) < 4.78 is 22.1. The second kappa shape index (κ2) is 12.9. The van der Waals surface area contributed by atoms with Crippen molar-refractivity contribution in [2.45, 2.75) is 20.8 Å². The number of nitrogens with zero attached hydrogens (tertiary/aromatic N) is 2. The quantitative estimate of drug-likeness (QED) is 0.378. The molecular formula is C25H30N4O5. The van der Waals surface area contributed by atoms with Crippen LogP contribution in [0.2, 0.25) is 0 Å². The van der Waals surface area contributed by atoms with Crippen molar-refractivity contribution < 1.29 is 23.7 Å². The van der Waals surface area contributed by atoms with E-state index in [2.05, 4.69) is 20.8 Å². The highest BCUT2D eigenvalue weighted by atomic mass is 16.5. The number of ether oxygens (including phenoxy) is 4. The molecule has 1 aromatic heterocycles. The van der Waals surface area contributed by atoms with Gasteiger partial charge in [0.25, 0.3) is 0 Å². The summed E-state index contributed by atoms with van der Waals surface area (Å²) in [6.45, 7) is 7.93. The van der Waals surface area contributed by atoms with Crippen LogP contribution in [-0.2, 0) is 0 Å². The second-order valence-electron chi connectivity index (χ2n) is 6.97. The van der Waals surface area contributed by atoms with Crippen LogP contribution in [0.15, 0.2) is 54.6 Å². The van der Waals surface area contributed by atoms with E-state index in [0.717, 1.165) is 17.0 Å². The molecule has 0 spiro atoms. The van der Waals surface area contributed by atoms with Crippen LogP contribution in [0.25, 0.3) is 11.3 Å². The van der Waals surface area contributed by atoms with Gasteiger partial charge in [-0.3, -0.25) is 0 Å². The summed E-state index contributed by atoms with van der Waals surface area (Å²) in [5, 5.41) is 13.8. The zero-order valence-corrected chi connectivity index (χ0v) is 19.7. The largest absolute Gasteiger partial charge is 0.494 e. The molecule has 2 N–H and O–H groups in total. The number of hydrogen-bond donors (Lipinski definition) is 2. The zero-order valence-electron chi connectivity index (χ0n) is 19.7. The Kier molecular flexibility index (Phi) is 9.33. The molecule has 3 aromatic rings. The minimum atomic E-state index is -0.355. The molecule has 0 aliphatic heterocycles. The number of carbonyl (C=O) groups is 1. The summed E-state index contributed by atoms with van der Waals surface area (Å²) in [4.78, 5) is 12.2. The minimum absolute atomic E-state index is 0.248. The lowest BCUT2D eigenvalue weighted by molar-refractivity contribution is 0.246. The number of rotatable bonds is 12. The Morgan fingerprint density at radius 2 is 1.53 bits per heavy atom. The van der Waals surface area contributed by atoms with Crippen molar-refractivity contribution >= 4 is 11.7 Å². The molecule has 0 bridgehead atoms. The monoisotopic (exact) mass is 466 g/mol. The van der Waals surface area contributed by atoms with Crippen molar-refractivity contribution in [3.8, 4) is 34.4 Å². The van der Waals surface area contributed by atoms with Crippen molar-refractivity contribution in [3.05, 3.63) is 54.6 Å². The fraction of sp³-hybridized carbons (Fsp3) is 0.320. The van der Waals surface area contributed by atoms with E-state index in [1.54, 1.807) is 24.3 Å². The maximum absolute atomic E-state index is 12.2. The molecule has 1 heterocycles. The number of benzene rings is 2. The van der Waals surface area contributed by atoms with E-state index >= 15 is 0 Å². The van der Waals surface area contributed by atoms with Crippen LogP contribution in [0, 0.1) is 0 Å². The first kappa shape index (κ1) is 24.6. The van der Waals surface area contributed by atoms with Gasteiger partial charge in [-0.1, -0.05) is 0 Å². The first-order valence-corrected chi connectivity index (χ1v) is 11.3. The first-order chi connectivity index (χ1) is 16.6. The Morgan fingerprint density at radius 1 is 0.794 bits per heavy atom. The van der Waals surface area contributed by atoms with Gasteiger partial charge in [0, 0.05) is 23.4 Å². The summed E-state index contributed by atoms with van der Waals surface area (Å²) >= 11 is 0. The van der Waals surface area contributed by atoms with Crippen LogP contribution in [-0.4, -0.2) is 49.2 Å². The second-order valence-corrected chi connectivity index (χ2v) is 6.97. The normalized spacial score (nSPS) is 10.3. The van der Waals surface area contributed by atoms with E-state index in [4.69, 9.17) is 18.9 Å². The smallest absolute Gasteiger partial charge is 0.319 e. The molecule has 3 rings (SSSR count). The fourth-order valence-corrected chi connectivity index (χ4v) is 3.06. The van der Waals surface area contributed by atoms with Gasteiger partial charge in [-0.15, -0.1) is 10.2 Å². The van der Waals surface area contributed by atoms with Gasteiger partial charge >= 0.3 is 6.03 Å².